The molecule has 1 aliphatic carbocycles. The maximum atomic E-state index is 13.5. The van der Waals surface area contributed by atoms with Gasteiger partial charge in [0.05, 0.1) is 12.0 Å². The molecule has 0 unspecified atom stereocenters. The normalized spacial score (nSPS) is 13.7. The third-order valence-electron chi connectivity index (χ3n) is 5.57. The van der Waals surface area contributed by atoms with Crippen LogP contribution < -0.4 is 10.3 Å². The smallest absolute Gasteiger partial charge is 0.263 e. The molecule has 0 amide bonds. The molecule has 3 aromatic rings. The Balaban J connectivity index is 1.56. The second-order valence-electron chi connectivity index (χ2n) is 8.43. The minimum Gasteiger partial charge on any atom is -0.493 e. The average Bonchev–Trinajstić information content (AvgIpc) is 3.10. The van der Waals surface area contributed by atoms with Crippen LogP contribution in [0.15, 0.2) is 34.2 Å². The summed E-state index contributed by atoms with van der Waals surface area (Å²) < 4.78 is 7.79. The zero-order valence-corrected chi connectivity index (χ0v) is 19.7. The first-order valence-corrected chi connectivity index (χ1v) is 12.7. The van der Waals surface area contributed by atoms with Crippen LogP contribution in [0, 0.1) is 12.8 Å². The lowest BCUT2D eigenvalue weighted by Crippen LogP contribution is -2.24. The van der Waals surface area contributed by atoms with Crippen LogP contribution in [-0.4, -0.2) is 21.9 Å². The summed E-state index contributed by atoms with van der Waals surface area (Å²) >= 11 is 3.36. The van der Waals surface area contributed by atoms with Crippen molar-refractivity contribution in [2.24, 2.45) is 5.92 Å². The van der Waals surface area contributed by atoms with E-state index in [1.807, 2.05) is 16.7 Å². The van der Waals surface area contributed by atoms with Gasteiger partial charge in [0, 0.05) is 17.2 Å². The molecular formula is C24H30N2O2S2. The summed E-state index contributed by atoms with van der Waals surface area (Å²) in [4.78, 5) is 20.7. The van der Waals surface area contributed by atoms with E-state index in [-0.39, 0.29) is 5.56 Å². The van der Waals surface area contributed by atoms with Gasteiger partial charge in [0.15, 0.2) is 5.16 Å². The second-order valence-corrected chi connectivity index (χ2v) is 10.6. The van der Waals surface area contributed by atoms with Gasteiger partial charge in [-0.1, -0.05) is 43.3 Å². The quantitative estimate of drug-likeness (QED) is 0.249. The lowest BCUT2D eigenvalue weighted by Gasteiger charge is -2.14. The van der Waals surface area contributed by atoms with Gasteiger partial charge in [0.25, 0.3) is 5.56 Å². The van der Waals surface area contributed by atoms with E-state index in [1.54, 1.807) is 23.1 Å². The van der Waals surface area contributed by atoms with Gasteiger partial charge < -0.3 is 4.74 Å². The molecule has 0 fully saturated rings. The summed E-state index contributed by atoms with van der Waals surface area (Å²) in [6.07, 6.45) is 5.49. The number of thioether (sulfide) groups is 1. The van der Waals surface area contributed by atoms with Gasteiger partial charge in [-0.05, 0) is 62.6 Å². The van der Waals surface area contributed by atoms with Gasteiger partial charge in [-0.25, -0.2) is 4.98 Å². The lowest BCUT2D eigenvalue weighted by atomic mass is 9.97. The largest absolute Gasteiger partial charge is 0.493 e. The van der Waals surface area contributed by atoms with Crippen molar-refractivity contribution >= 4 is 33.3 Å². The number of aromatic nitrogens is 2. The van der Waals surface area contributed by atoms with E-state index in [1.165, 1.54) is 28.8 Å². The number of fused-ring (bicyclic) bond motifs is 3. The number of aryl methyl sites for hydroxylation is 3. The van der Waals surface area contributed by atoms with Crippen LogP contribution in [-0.2, 0) is 19.4 Å². The van der Waals surface area contributed by atoms with E-state index >= 15 is 0 Å². The third kappa shape index (κ3) is 4.75. The predicted molar refractivity (Wildman–Crippen MR) is 127 cm³/mol. The van der Waals surface area contributed by atoms with Crippen molar-refractivity contribution in [2.75, 3.05) is 12.4 Å². The first-order valence-electron chi connectivity index (χ1n) is 10.9. The van der Waals surface area contributed by atoms with Crippen molar-refractivity contribution in [3.05, 3.63) is 50.6 Å². The van der Waals surface area contributed by atoms with Gasteiger partial charge in [-0.3, -0.25) is 9.36 Å². The van der Waals surface area contributed by atoms with E-state index in [0.29, 0.717) is 12.5 Å². The van der Waals surface area contributed by atoms with Crippen molar-refractivity contribution in [2.45, 2.75) is 64.6 Å². The fraction of sp³-hybridized carbons (Fsp3) is 0.500. The van der Waals surface area contributed by atoms with E-state index in [9.17, 15) is 4.79 Å². The Kier molecular flexibility index (Phi) is 6.84. The molecule has 1 aliphatic rings. The molecule has 0 spiro atoms. The molecule has 0 N–H and O–H groups in total. The first kappa shape index (κ1) is 21.4. The molecule has 4 nitrogen and oxygen atoms in total. The highest BCUT2D eigenvalue weighted by Gasteiger charge is 2.22. The number of hydrogen-bond donors (Lipinski definition) is 0. The molecule has 1 aromatic carbocycles. The topological polar surface area (TPSA) is 44.1 Å². The summed E-state index contributed by atoms with van der Waals surface area (Å²) in [6, 6.07) is 8.11. The molecule has 0 saturated carbocycles. The van der Waals surface area contributed by atoms with Crippen molar-refractivity contribution in [3.63, 3.8) is 0 Å². The Hall–Kier alpha value is -1.79. The molecule has 0 saturated heterocycles. The van der Waals surface area contributed by atoms with Crippen molar-refractivity contribution < 1.29 is 4.74 Å². The number of ether oxygens (including phenoxy) is 1. The molecule has 2 heterocycles. The highest BCUT2D eigenvalue weighted by atomic mass is 32.2. The average molecular weight is 443 g/mol. The van der Waals surface area contributed by atoms with Gasteiger partial charge in [0.2, 0.25) is 0 Å². The summed E-state index contributed by atoms with van der Waals surface area (Å²) in [5.41, 5.74) is 2.65. The molecule has 0 atom stereocenters. The zero-order valence-electron chi connectivity index (χ0n) is 18.1. The number of hydrogen-bond acceptors (Lipinski definition) is 5. The van der Waals surface area contributed by atoms with Crippen LogP contribution in [0.5, 0.6) is 5.75 Å². The molecule has 0 bridgehead atoms. The Bertz CT molecular complexity index is 1070. The SMILES string of the molecule is Cc1ccc(OCCSc2nc3sc4c(c3c(=O)n2CCC(C)C)CCCC4)cc1. The van der Waals surface area contributed by atoms with Crippen LogP contribution in [0.2, 0.25) is 0 Å². The Morgan fingerprint density at radius 2 is 1.97 bits per heavy atom. The standard InChI is InChI=1S/C24H30N2O2S2/c1-16(2)12-13-26-23(27)21-19-6-4-5-7-20(19)30-22(21)25-24(26)29-15-14-28-18-10-8-17(3)9-11-18/h8-11,16H,4-7,12-15H2,1-3H3. The summed E-state index contributed by atoms with van der Waals surface area (Å²) in [5.74, 6) is 2.19. The molecule has 30 heavy (non-hydrogen) atoms. The Morgan fingerprint density at radius 3 is 2.73 bits per heavy atom. The molecule has 160 valence electrons. The minimum absolute atomic E-state index is 0.155. The number of thiophene rings is 1. The number of benzene rings is 1. The summed E-state index contributed by atoms with van der Waals surface area (Å²) in [6.45, 7) is 7.79. The van der Waals surface area contributed by atoms with E-state index < -0.39 is 0 Å². The van der Waals surface area contributed by atoms with Crippen LogP contribution in [0.1, 0.15) is 49.1 Å². The Morgan fingerprint density at radius 1 is 1.20 bits per heavy atom. The van der Waals surface area contributed by atoms with Crippen LogP contribution in [0.3, 0.4) is 0 Å². The second kappa shape index (κ2) is 9.56. The highest BCUT2D eigenvalue weighted by Crippen LogP contribution is 2.34. The lowest BCUT2D eigenvalue weighted by molar-refractivity contribution is 0.343. The van der Waals surface area contributed by atoms with Gasteiger partial charge in [0.1, 0.15) is 10.6 Å². The maximum absolute atomic E-state index is 13.5. The monoisotopic (exact) mass is 442 g/mol. The third-order valence-corrected chi connectivity index (χ3v) is 7.70. The van der Waals surface area contributed by atoms with Gasteiger partial charge in [-0.2, -0.15) is 0 Å². The van der Waals surface area contributed by atoms with E-state index in [2.05, 4.69) is 32.9 Å². The number of rotatable bonds is 8. The van der Waals surface area contributed by atoms with Gasteiger partial charge in [-0.15, -0.1) is 11.3 Å². The van der Waals surface area contributed by atoms with Gasteiger partial charge >= 0.3 is 0 Å². The van der Waals surface area contributed by atoms with Crippen molar-refractivity contribution in [1.82, 2.24) is 9.55 Å². The molecular weight excluding hydrogens is 412 g/mol. The van der Waals surface area contributed by atoms with Crippen molar-refractivity contribution in [3.8, 4) is 5.75 Å². The van der Waals surface area contributed by atoms with Crippen LogP contribution in [0.25, 0.3) is 10.2 Å². The fourth-order valence-electron chi connectivity index (χ4n) is 3.84. The predicted octanol–water partition coefficient (Wildman–Crippen LogP) is 5.86. The number of nitrogens with zero attached hydrogens (tertiary/aromatic N) is 2. The van der Waals surface area contributed by atoms with E-state index in [4.69, 9.17) is 9.72 Å². The maximum Gasteiger partial charge on any atom is 0.263 e. The molecule has 4 rings (SSSR count). The van der Waals surface area contributed by atoms with Crippen LogP contribution in [0.4, 0.5) is 0 Å². The minimum atomic E-state index is 0.155. The molecule has 0 aliphatic heterocycles. The summed E-state index contributed by atoms with van der Waals surface area (Å²) in [5, 5.41) is 1.72. The fourth-order valence-corrected chi connectivity index (χ4v) is 5.99. The summed E-state index contributed by atoms with van der Waals surface area (Å²) in [7, 11) is 0. The Labute approximate surface area is 186 Å². The zero-order chi connectivity index (χ0) is 21.1. The highest BCUT2D eigenvalue weighted by molar-refractivity contribution is 7.99. The van der Waals surface area contributed by atoms with Crippen molar-refractivity contribution in [1.29, 1.82) is 0 Å². The van der Waals surface area contributed by atoms with E-state index in [0.717, 1.165) is 52.7 Å². The molecule has 6 heteroatoms. The molecule has 2 aromatic heterocycles. The molecule has 0 radical (unpaired) electrons. The first-order chi connectivity index (χ1) is 14.5. The van der Waals surface area contributed by atoms with Crippen LogP contribution >= 0.6 is 23.1 Å².